The Balaban J connectivity index is 1.70. The van der Waals surface area contributed by atoms with Crippen molar-refractivity contribution in [3.63, 3.8) is 0 Å². The zero-order valence-electron chi connectivity index (χ0n) is 16.1. The van der Waals surface area contributed by atoms with Gasteiger partial charge in [0.2, 0.25) is 0 Å². The van der Waals surface area contributed by atoms with Crippen LogP contribution in [-0.4, -0.2) is 21.1 Å². The number of aryl methyl sites for hydroxylation is 1. The number of carbonyl (C=O) groups excluding carboxylic acids is 1. The number of benzene rings is 2. The summed E-state index contributed by atoms with van der Waals surface area (Å²) in [6.45, 7) is 2.18. The van der Waals surface area contributed by atoms with Crippen molar-refractivity contribution in [1.29, 1.82) is 0 Å². The summed E-state index contributed by atoms with van der Waals surface area (Å²) in [5.41, 5.74) is 8.17. The minimum Gasteiger partial charge on any atom is -0.288 e. The fourth-order valence-corrected chi connectivity index (χ4v) is 3.43. The molecular weight excluding hydrogens is 362 g/mol. The lowest BCUT2D eigenvalue weighted by atomic mass is 10.00. The third-order valence-electron chi connectivity index (χ3n) is 4.92. The Labute approximate surface area is 169 Å². The fourth-order valence-electron chi connectivity index (χ4n) is 3.43. The number of hydroxylamine groups is 1. The van der Waals surface area contributed by atoms with Crippen molar-refractivity contribution in [2.45, 2.75) is 19.8 Å². The van der Waals surface area contributed by atoms with E-state index in [0.717, 1.165) is 29.5 Å². The molecule has 0 aliphatic heterocycles. The summed E-state index contributed by atoms with van der Waals surface area (Å²) in [6.07, 6.45) is 3.82. The molecule has 0 aliphatic rings. The van der Waals surface area contributed by atoms with Crippen molar-refractivity contribution >= 4 is 16.9 Å². The molecule has 29 heavy (non-hydrogen) atoms. The third-order valence-corrected chi connectivity index (χ3v) is 4.92. The molecule has 0 atom stereocenters. The molecule has 4 rings (SSSR count). The minimum atomic E-state index is -0.610. The van der Waals surface area contributed by atoms with E-state index >= 15 is 0 Å². The van der Waals surface area contributed by atoms with Crippen LogP contribution in [0.5, 0.6) is 0 Å². The maximum absolute atomic E-state index is 12.1. The van der Waals surface area contributed by atoms with Crippen LogP contribution in [-0.2, 0) is 6.42 Å². The Morgan fingerprint density at radius 3 is 2.28 bits per heavy atom. The molecule has 5 heteroatoms. The summed E-state index contributed by atoms with van der Waals surface area (Å²) in [4.78, 5) is 21.0. The topological polar surface area (TPSA) is 75.1 Å². The quantitative estimate of drug-likeness (QED) is 0.374. The summed E-state index contributed by atoms with van der Waals surface area (Å²) in [7, 11) is 0. The second kappa shape index (κ2) is 8.20. The predicted octanol–water partition coefficient (Wildman–Crippen LogP) is 5.04. The second-order valence-electron chi connectivity index (χ2n) is 6.89. The van der Waals surface area contributed by atoms with Gasteiger partial charge in [-0.15, -0.1) is 0 Å². The van der Waals surface area contributed by atoms with Crippen molar-refractivity contribution in [2.75, 3.05) is 0 Å². The number of aromatic nitrogens is 2. The van der Waals surface area contributed by atoms with Gasteiger partial charge in [-0.3, -0.25) is 15.0 Å². The largest absolute Gasteiger partial charge is 0.288 e. The van der Waals surface area contributed by atoms with E-state index in [1.165, 1.54) is 5.56 Å². The van der Waals surface area contributed by atoms with Crippen LogP contribution in [0.15, 0.2) is 72.9 Å². The van der Waals surface area contributed by atoms with E-state index in [9.17, 15) is 4.79 Å². The van der Waals surface area contributed by atoms with Crippen LogP contribution in [0.4, 0.5) is 0 Å². The zero-order valence-corrected chi connectivity index (χ0v) is 16.1. The molecule has 0 fully saturated rings. The number of nitrogens with one attached hydrogen (secondary N) is 1. The maximum atomic E-state index is 12.1. The van der Waals surface area contributed by atoms with E-state index in [0.29, 0.717) is 16.7 Å². The van der Waals surface area contributed by atoms with Crippen molar-refractivity contribution in [3.8, 4) is 22.4 Å². The first-order valence-electron chi connectivity index (χ1n) is 9.59. The summed E-state index contributed by atoms with van der Waals surface area (Å²) in [5, 5.41) is 9.08. The van der Waals surface area contributed by atoms with Gasteiger partial charge in [-0.2, -0.15) is 0 Å². The molecule has 0 bridgehead atoms. The number of fused-ring (bicyclic) bond motifs is 1. The molecule has 2 aromatic heterocycles. The maximum Gasteiger partial charge on any atom is 0.276 e. The summed E-state index contributed by atoms with van der Waals surface area (Å²) < 4.78 is 0. The predicted molar refractivity (Wildman–Crippen MR) is 114 cm³/mol. The first-order chi connectivity index (χ1) is 14.2. The van der Waals surface area contributed by atoms with Gasteiger partial charge < -0.3 is 0 Å². The monoisotopic (exact) mass is 383 g/mol. The van der Waals surface area contributed by atoms with Gasteiger partial charge in [0.05, 0.1) is 16.8 Å². The van der Waals surface area contributed by atoms with Crippen molar-refractivity contribution < 1.29 is 10.0 Å². The van der Waals surface area contributed by atoms with Gasteiger partial charge in [0.15, 0.2) is 0 Å². The number of nitrogens with zero attached hydrogens (tertiary/aromatic N) is 2. The average molecular weight is 383 g/mol. The molecule has 0 aliphatic carbocycles. The van der Waals surface area contributed by atoms with Crippen LogP contribution in [0.1, 0.15) is 29.3 Å². The van der Waals surface area contributed by atoms with Crippen LogP contribution >= 0.6 is 0 Å². The minimum absolute atomic E-state index is 0.281. The first kappa shape index (κ1) is 18.8. The van der Waals surface area contributed by atoms with Gasteiger partial charge in [-0.05, 0) is 41.3 Å². The molecule has 0 radical (unpaired) electrons. The molecule has 0 saturated heterocycles. The molecule has 2 aromatic carbocycles. The molecule has 4 aromatic rings. The smallest absolute Gasteiger partial charge is 0.276 e. The summed E-state index contributed by atoms with van der Waals surface area (Å²) >= 11 is 0. The molecule has 0 unspecified atom stereocenters. The Kier molecular flexibility index (Phi) is 5.31. The van der Waals surface area contributed by atoms with Gasteiger partial charge in [0.1, 0.15) is 5.52 Å². The highest BCUT2D eigenvalue weighted by atomic mass is 16.5. The van der Waals surface area contributed by atoms with Crippen LogP contribution in [0.3, 0.4) is 0 Å². The van der Waals surface area contributed by atoms with Crippen molar-refractivity contribution in [1.82, 2.24) is 15.4 Å². The normalized spacial score (nSPS) is 10.8. The fraction of sp³-hybridized carbons (Fsp3) is 0.125. The number of hydrogen-bond donors (Lipinski definition) is 2. The van der Waals surface area contributed by atoms with Crippen LogP contribution in [0, 0.1) is 0 Å². The number of rotatable bonds is 5. The van der Waals surface area contributed by atoms with Crippen molar-refractivity contribution in [2.24, 2.45) is 0 Å². The number of pyridine rings is 2. The number of amides is 1. The lowest BCUT2D eigenvalue weighted by molar-refractivity contribution is 0.0708. The highest BCUT2D eigenvalue weighted by Crippen LogP contribution is 2.27. The third kappa shape index (κ3) is 3.86. The highest BCUT2D eigenvalue weighted by Gasteiger charge is 2.14. The molecule has 1 amide bonds. The van der Waals surface area contributed by atoms with E-state index in [-0.39, 0.29) is 5.56 Å². The Morgan fingerprint density at radius 2 is 1.62 bits per heavy atom. The second-order valence-corrected chi connectivity index (χ2v) is 6.89. The van der Waals surface area contributed by atoms with Gasteiger partial charge in [-0.1, -0.05) is 61.9 Å². The number of carbonyl (C=O) groups is 1. The van der Waals surface area contributed by atoms with E-state index in [4.69, 9.17) is 5.21 Å². The Hall–Kier alpha value is -3.57. The van der Waals surface area contributed by atoms with Crippen LogP contribution in [0.2, 0.25) is 0 Å². The van der Waals surface area contributed by atoms with Gasteiger partial charge in [0, 0.05) is 11.8 Å². The van der Waals surface area contributed by atoms with Gasteiger partial charge in [-0.25, -0.2) is 10.5 Å². The molecule has 0 spiro atoms. The van der Waals surface area contributed by atoms with Gasteiger partial charge >= 0.3 is 0 Å². The summed E-state index contributed by atoms with van der Waals surface area (Å²) in [5.74, 6) is -0.610. The zero-order chi connectivity index (χ0) is 20.2. The van der Waals surface area contributed by atoms with E-state index in [1.807, 2.05) is 24.3 Å². The first-order valence-corrected chi connectivity index (χ1v) is 9.59. The lowest BCUT2D eigenvalue weighted by Gasteiger charge is -2.09. The lowest BCUT2D eigenvalue weighted by Crippen LogP contribution is -2.19. The van der Waals surface area contributed by atoms with Crippen LogP contribution < -0.4 is 5.48 Å². The summed E-state index contributed by atoms with van der Waals surface area (Å²) in [6, 6.07) is 21.9. The van der Waals surface area contributed by atoms with E-state index in [2.05, 4.69) is 41.2 Å². The Morgan fingerprint density at radius 1 is 0.966 bits per heavy atom. The SMILES string of the molecule is CCCc1ccc(-c2ccc(-c3cc(C(=O)NO)c4ncccc4n3)cc2)cc1. The van der Waals surface area contributed by atoms with Gasteiger partial charge in [0.25, 0.3) is 5.91 Å². The van der Waals surface area contributed by atoms with E-state index < -0.39 is 5.91 Å². The van der Waals surface area contributed by atoms with Crippen molar-refractivity contribution in [3.05, 3.63) is 84.1 Å². The average Bonchev–Trinajstić information content (AvgIpc) is 2.78. The molecule has 144 valence electrons. The molecule has 0 saturated carbocycles. The standard InChI is InChI=1S/C24H21N3O2/c1-2-4-16-6-8-17(9-7-16)18-10-12-19(13-11-18)22-15-20(24(28)27-29)23-21(26-22)5-3-14-25-23/h3,5-15,29H,2,4H2,1H3,(H,27,28). The van der Waals surface area contributed by atoms with Crippen LogP contribution in [0.25, 0.3) is 33.4 Å². The number of hydrogen-bond acceptors (Lipinski definition) is 4. The highest BCUT2D eigenvalue weighted by molar-refractivity contribution is 6.05. The van der Waals surface area contributed by atoms with E-state index in [1.54, 1.807) is 29.9 Å². The molecule has 2 N–H and O–H groups in total. The molecular formula is C24H21N3O2. The molecule has 2 heterocycles. The molecule has 5 nitrogen and oxygen atoms in total. The Bertz CT molecular complexity index is 1150.